The van der Waals surface area contributed by atoms with Gasteiger partial charge in [-0.1, -0.05) is 141 Å². The normalized spacial score (nSPS) is 28.5. The van der Waals surface area contributed by atoms with E-state index in [0.717, 1.165) is 53.1 Å². The minimum Gasteiger partial charge on any atom is -0.497 e. The minimum atomic E-state index is 0. The second-order valence-corrected chi connectivity index (χ2v) is 32.2. The van der Waals surface area contributed by atoms with E-state index in [1.54, 1.807) is 89.7 Å². The van der Waals surface area contributed by atoms with Gasteiger partial charge in [-0.2, -0.15) is 0 Å². The van der Waals surface area contributed by atoms with Gasteiger partial charge in [0.1, 0.15) is 5.75 Å². The van der Waals surface area contributed by atoms with Crippen molar-refractivity contribution < 1.29 is 4.74 Å². The number of benzene rings is 6. The summed E-state index contributed by atoms with van der Waals surface area (Å²) < 4.78 is 5.42. The Morgan fingerprint density at radius 3 is 1.01 bits per heavy atom. The van der Waals surface area contributed by atoms with Crippen LogP contribution in [0.1, 0.15) is 235 Å². The number of rotatable bonds is 14. The van der Waals surface area contributed by atoms with Crippen molar-refractivity contribution in [3.63, 3.8) is 0 Å². The molecule has 0 aliphatic heterocycles. The van der Waals surface area contributed by atoms with Gasteiger partial charge < -0.3 is 25.6 Å². The van der Waals surface area contributed by atoms with Crippen LogP contribution in [0.5, 0.6) is 5.75 Å². The van der Waals surface area contributed by atoms with Crippen LogP contribution in [0.2, 0.25) is 0 Å². The number of ether oxygens (including phenoxy) is 1. The molecule has 0 saturated heterocycles. The summed E-state index contributed by atoms with van der Waals surface area (Å²) in [7, 11) is 7.96. The average molecular weight is 1210 g/mol. The predicted molar refractivity (Wildman–Crippen MR) is 387 cm³/mol. The summed E-state index contributed by atoms with van der Waals surface area (Å²) in [6.07, 6.45) is 27.7. The fourth-order valence-electron chi connectivity index (χ4n) is 20.1. The van der Waals surface area contributed by atoms with Crippen LogP contribution in [0.15, 0.2) is 152 Å². The summed E-state index contributed by atoms with van der Waals surface area (Å²) in [6, 6.07) is 56.2. The van der Waals surface area contributed by atoms with Gasteiger partial charge in [-0.25, -0.2) is 0 Å². The molecule has 0 heterocycles. The van der Waals surface area contributed by atoms with Crippen LogP contribution in [-0.2, 0) is 0 Å². The molecule has 12 bridgehead atoms. The maximum atomic E-state index is 5.42. The summed E-state index contributed by atoms with van der Waals surface area (Å²) in [5.41, 5.74) is 14.3. The first-order valence-electron chi connectivity index (χ1n) is 36.1. The maximum absolute atomic E-state index is 5.42. The smallest absolute Gasteiger partial charge is 0.119 e. The highest BCUT2D eigenvalue weighted by Gasteiger charge is 2.52. The van der Waals surface area contributed by atoms with Crippen molar-refractivity contribution >= 4 is 28.4 Å². The molecule has 0 spiro atoms. The summed E-state index contributed by atoms with van der Waals surface area (Å²) >= 11 is 0. The van der Waals surface area contributed by atoms with E-state index in [4.69, 9.17) is 4.74 Å². The molecule has 12 aliphatic carbocycles. The molecule has 0 radical (unpaired) electrons. The lowest BCUT2D eigenvalue weighted by Crippen LogP contribution is -2.54. The van der Waals surface area contributed by atoms with Gasteiger partial charge in [-0.3, -0.25) is 0 Å². The SMILES string of the molecule is C1C2CC3CC1CC(C2)C3.CC(C)c1ccc(C(C)CC23CC4CC(CC(C4)C2)C3)cc1.CC(C)c1ccc(N(C)C)cc1.CC(C)c1ccc(N(C)c2ccccc2)cc1.COc1ccc(N(c2ccc(C(C)C)cc2)C2C3CC4CC(C3)CC2C4)cc1.N. The molecule has 12 saturated carbocycles. The van der Waals surface area contributed by atoms with Crippen LogP contribution in [0, 0.1) is 70.5 Å². The Morgan fingerprint density at radius 2 is 0.656 bits per heavy atom. The number of hydrogen-bond donors (Lipinski definition) is 1. The maximum Gasteiger partial charge on any atom is 0.119 e. The molecule has 12 fully saturated rings. The van der Waals surface area contributed by atoms with E-state index in [1.807, 2.05) is 6.07 Å². The van der Waals surface area contributed by atoms with Gasteiger partial charge in [0, 0.05) is 55.6 Å². The minimum absolute atomic E-state index is 0. The Kier molecular flexibility index (Phi) is 22.5. The standard InChI is InChI=1S/C26H33NO.C22H32.C16H19N.C11H17N.C10H16.H3N/c1-17(2)20-4-6-23(7-5-20)27(24-8-10-25(28-3)11-9-24)26-21-13-18-12-19(15-21)16-22(26)14-18;1-15(2)20-4-6-21(7-5-20)16(3)11-22-12-17-8-18(13-22)10-19(9-17)14-22;1-13(2)14-9-11-16(12-10-14)17(3)15-7-5-4-6-8-15;1-9(2)10-5-7-11(8-6-10)12(3)4;1-7-2-9-4-8(1)5-10(3-7)6-9;/h4-11,17-19,21-22,26H,12-16H2,1-3H3;4-7,15-19H,8-14H2,1-3H3;4-13H,1-3H3;5-9H,1-4H3;7-10H,1-6H2;1H3. The molecule has 0 amide bonds. The van der Waals surface area contributed by atoms with Crippen LogP contribution >= 0.6 is 0 Å². The highest BCUT2D eigenvalue weighted by atomic mass is 16.5. The monoisotopic (exact) mass is 1210 g/mol. The Hall–Kier alpha value is -5.52. The lowest BCUT2D eigenvalue weighted by molar-refractivity contribution is -0.0600. The van der Waals surface area contributed by atoms with E-state index in [9.17, 15) is 0 Å². The lowest BCUT2D eigenvalue weighted by Gasteiger charge is -2.57. The van der Waals surface area contributed by atoms with Crippen molar-refractivity contribution in [2.75, 3.05) is 43.0 Å². The number of hydrogen-bond acceptors (Lipinski definition) is 5. The molecule has 5 heteroatoms. The van der Waals surface area contributed by atoms with Crippen LogP contribution < -0.4 is 25.6 Å². The van der Waals surface area contributed by atoms with Gasteiger partial charge in [0.25, 0.3) is 0 Å². The number of nitrogens with zero attached hydrogens (tertiary/aromatic N) is 3. The predicted octanol–water partition coefficient (Wildman–Crippen LogP) is 23.7. The van der Waals surface area contributed by atoms with E-state index in [0.29, 0.717) is 35.1 Å². The largest absolute Gasteiger partial charge is 0.497 e. The van der Waals surface area contributed by atoms with Crippen molar-refractivity contribution in [1.29, 1.82) is 0 Å². The van der Waals surface area contributed by atoms with Gasteiger partial charge in [0.15, 0.2) is 0 Å². The van der Waals surface area contributed by atoms with E-state index >= 15 is 0 Å². The molecular weight excluding hydrogens is 1090 g/mol. The molecule has 6 aromatic rings. The van der Waals surface area contributed by atoms with Crippen molar-refractivity contribution in [2.45, 2.75) is 214 Å². The fourth-order valence-corrected chi connectivity index (χ4v) is 20.1. The van der Waals surface area contributed by atoms with E-state index in [1.165, 1.54) is 113 Å². The number of anilines is 5. The Morgan fingerprint density at radius 1 is 0.356 bits per heavy atom. The van der Waals surface area contributed by atoms with Gasteiger partial charge in [0.05, 0.1) is 7.11 Å². The molecule has 3 N–H and O–H groups in total. The fraction of sp³-hybridized carbons (Fsp3) is 0.576. The first-order chi connectivity index (χ1) is 42.8. The average Bonchev–Trinajstić information content (AvgIpc) is 0.769. The molecule has 90 heavy (non-hydrogen) atoms. The molecule has 18 rings (SSSR count). The second kappa shape index (κ2) is 30.0. The highest BCUT2D eigenvalue weighted by molar-refractivity contribution is 5.66. The van der Waals surface area contributed by atoms with Crippen LogP contribution in [0.3, 0.4) is 0 Å². The third kappa shape index (κ3) is 16.4. The number of para-hydroxylation sites is 1. The van der Waals surface area contributed by atoms with Crippen molar-refractivity contribution in [1.82, 2.24) is 6.15 Å². The molecule has 1 unspecified atom stereocenters. The number of methoxy groups -OCH3 is 1. The summed E-state index contributed by atoms with van der Waals surface area (Å²) in [6.45, 7) is 20.5. The van der Waals surface area contributed by atoms with Crippen molar-refractivity contribution in [3.8, 4) is 5.75 Å². The van der Waals surface area contributed by atoms with Crippen LogP contribution in [0.4, 0.5) is 28.4 Å². The zero-order chi connectivity index (χ0) is 62.5. The second-order valence-electron chi connectivity index (χ2n) is 32.2. The van der Waals surface area contributed by atoms with Crippen LogP contribution in [-0.4, -0.2) is 34.3 Å². The lowest BCUT2D eigenvalue weighted by atomic mass is 9.48. The van der Waals surface area contributed by atoms with Gasteiger partial charge in [-0.15, -0.1) is 0 Å². The van der Waals surface area contributed by atoms with Crippen molar-refractivity contribution in [3.05, 3.63) is 179 Å². The molecule has 6 aromatic carbocycles. The molecular formula is C85H120N4O. The topological polar surface area (TPSA) is 54.0 Å². The van der Waals surface area contributed by atoms with Crippen molar-refractivity contribution in [2.24, 2.45) is 70.5 Å². The molecule has 5 nitrogen and oxygen atoms in total. The quantitative estimate of drug-likeness (QED) is 0.118. The summed E-state index contributed by atoms with van der Waals surface area (Å²) in [4.78, 5) is 6.99. The summed E-state index contributed by atoms with van der Waals surface area (Å²) in [5.74, 6) is 15.8. The van der Waals surface area contributed by atoms with E-state index in [-0.39, 0.29) is 6.15 Å². The zero-order valence-electron chi connectivity index (χ0n) is 58.4. The van der Waals surface area contributed by atoms with Crippen LogP contribution in [0.25, 0.3) is 0 Å². The Balaban J connectivity index is 0.000000129. The molecule has 12 aliphatic rings. The first-order valence-corrected chi connectivity index (χ1v) is 36.1. The van der Waals surface area contributed by atoms with E-state index in [2.05, 4.69) is 244 Å². The highest BCUT2D eigenvalue weighted by Crippen LogP contribution is 2.63. The Bertz CT molecular complexity index is 2960. The molecule has 0 aromatic heterocycles. The molecule has 486 valence electrons. The Labute approximate surface area is 548 Å². The summed E-state index contributed by atoms with van der Waals surface area (Å²) in [5, 5.41) is 0. The third-order valence-electron chi connectivity index (χ3n) is 23.9. The third-order valence-corrected chi connectivity index (χ3v) is 23.9. The van der Waals surface area contributed by atoms with E-state index < -0.39 is 0 Å². The molecule has 1 atom stereocenters. The van der Waals surface area contributed by atoms with Gasteiger partial charge in [-0.05, 0) is 316 Å². The first kappa shape index (κ1) is 67.4. The van der Waals surface area contributed by atoms with Gasteiger partial charge >= 0.3 is 0 Å². The zero-order valence-corrected chi connectivity index (χ0v) is 58.4. The van der Waals surface area contributed by atoms with Gasteiger partial charge in [0.2, 0.25) is 0 Å².